The first kappa shape index (κ1) is 15.1. The van der Waals surface area contributed by atoms with E-state index in [1.54, 1.807) is 14.0 Å². The second kappa shape index (κ2) is 6.46. The van der Waals surface area contributed by atoms with E-state index in [-0.39, 0.29) is 12.6 Å². The van der Waals surface area contributed by atoms with Crippen LogP contribution in [0.15, 0.2) is 0 Å². The first-order chi connectivity index (χ1) is 9.47. The standard InChI is InChI=1S/C15H26N2O3/c1-10(14(18)19)9-17(2)15(20)16-6-5-13-8-11-3-4-12(13)7-11/h10-13H,3-9H2,1-2H3,(H,16,20)(H,18,19). The van der Waals surface area contributed by atoms with Crippen molar-refractivity contribution in [2.75, 3.05) is 20.1 Å². The molecule has 4 unspecified atom stereocenters. The number of carbonyl (C=O) groups excluding carboxylic acids is 1. The summed E-state index contributed by atoms with van der Waals surface area (Å²) in [5.74, 6) is 1.22. The number of aliphatic carboxylic acids is 1. The molecule has 2 N–H and O–H groups in total. The van der Waals surface area contributed by atoms with E-state index in [1.807, 2.05) is 0 Å². The van der Waals surface area contributed by atoms with Crippen LogP contribution >= 0.6 is 0 Å². The molecule has 0 aromatic heterocycles. The van der Waals surface area contributed by atoms with Gasteiger partial charge in [0.2, 0.25) is 0 Å². The number of urea groups is 1. The van der Waals surface area contributed by atoms with Crippen molar-refractivity contribution in [1.82, 2.24) is 10.2 Å². The molecule has 2 aliphatic carbocycles. The Morgan fingerprint density at radius 1 is 1.35 bits per heavy atom. The van der Waals surface area contributed by atoms with Crippen LogP contribution in [0.2, 0.25) is 0 Å². The molecule has 0 saturated heterocycles. The molecule has 2 bridgehead atoms. The van der Waals surface area contributed by atoms with Gasteiger partial charge in [-0.15, -0.1) is 0 Å². The summed E-state index contributed by atoms with van der Waals surface area (Å²) in [6.07, 6.45) is 6.58. The molecule has 0 aromatic rings. The van der Waals surface area contributed by atoms with Gasteiger partial charge in [0.15, 0.2) is 0 Å². The summed E-state index contributed by atoms with van der Waals surface area (Å²) in [5, 5.41) is 11.7. The van der Waals surface area contributed by atoms with Crippen molar-refractivity contribution in [3.05, 3.63) is 0 Å². The van der Waals surface area contributed by atoms with Crippen molar-refractivity contribution >= 4 is 12.0 Å². The second-order valence-corrected chi connectivity index (χ2v) is 6.58. The normalized spacial score (nSPS) is 29.2. The van der Waals surface area contributed by atoms with Gasteiger partial charge in [0.05, 0.1) is 5.92 Å². The van der Waals surface area contributed by atoms with Crippen LogP contribution in [-0.2, 0) is 4.79 Å². The highest BCUT2D eigenvalue weighted by Gasteiger charge is 2.38. The molecule has 5 nitrogen and oxygen atoms in total. The summed E-state index contributed by atoms with van der Waals surface area (Å²) in [6, 6.07) is -0.166. The lowest BCUT2D eigenvalue weighted by molar-refractivity contribution is -0.141. The van der Waals surface area contributed by atoms with E-state index in [0.29, 0.717) is 6.54 Å². The molecule has 2 rings (SSSR count). The maximum atomic E-state index is 11.9. The largest absolute Gasteiger partial charge is 0.481 e. The minimum Gasteiger partial charge on any atom is -0.481 e. The quantitative estimate of drug-likeness (QED) is 0.784. The highest BCUT2D eigenvalue weighted by atomic mass is 16.4. The van der Waals surface area contributed by atoms with Gasteiger partial charge in [-0.25, -0.2) is 4.79 Å². The summed E-state index contributed by atoms with van der Waals surface area (Å²) in [5.41, 5.74) is 0. The number of fused-ring (bicyclic) bond motifs is 2. The fourth-order valence-electron chi connectivity index (χ4n) is 3.80. The van der Waals surface area contributed by atoms with Crippen LogP contribution in [-0.4, -0.2) is 42.1 Å². The molecule has 0 radical (unpaired) electrons. The predicted molar refractivity (Wildman–Crippen MR) is 76.4 cm³/mol. The van der Waals surface area contributed by atoms with Crippen molar-refractivity contribution < 1.29 is 14.7 Å². The fourth-order valence-corrected chi connectivity index (χ4v) is 3.80. The Balaban J connectivity index is 1.63. The number of rotatable bonds is 6. The number of hydrogen-bond donors (Lipinski definition) is 2. The Morgan fingerprint density at radius 2 is 2.10 bits per heavy atom. The van der Waals surface area contributed by atoms with Crippen molar-refractivity contribution in [1.29, 1.82) is 0 Å². The SMILES string of the molecule is CC(CN(C)C(=O)NCCC1CC2CCC1C2)C(=O)O. The zero-order valence-corrected chi connectivity index (χ0v) is 12.5. The second-order valence-electron chi connectivity index (χ2n) is 6.58. The topological polar surface area (TPSA) is 69.6 Å². The van der Waals surface area contributed by atoms with Gasteiger partial charge in [-0.1, -0.05) is 13.3 Å². The van der Waals surface area contributed by atoms with Crippen LogP contribution < -0.4 is 5.32 Å². The Bertz CT molecular complexity index is 372. The molecular formula is C15H26N2O3. The predicted octanol–water partition coefficient (Wildman–Crippen LogP) is 2.17. The molecule has 0 aromatic carbocycles. The Morgan fingerprint density at radius 3 is 2.65 bits per heavy atom. The van der Waals surface area contributed by atoms with Crippen LogP contribution in [0.4, 0.5) is 4.79 Å². The molecule has 20 heavy (non-hydrogen) atoms. The number of hydrogen-bond acceptors (Lipinski definition) is 2. The number of carboxylic acid groups (broad SMARTS) is 1. The third kappa shape index (κ3) is 3.64. The number of carboxylic acids is 1. The van der Waals surface area contributed by atoms with Crippen LogP contribution in [0.3, 0.4) is 0 Å². The van der Waals surface area contributed by atoms with E-state index >= 15 is 0 Å². The van der Waals surface area contributed by atoms with Crippen LogP contribution in [0.1, 0.15) is 39.0 Å². The van der Waals surface area contributed by atoms with E-state index in [1.165, 1.54) is 30.6 Å². The lowest BCUT2D eigenvalue weighted by Gasteiger charge is -2.23. The minimum absolute atomic E-state index is 0.166. The van der Waals surface area contributed by atoms with Crippen molar-refractivity contribution in [3.8, 4) is 0 Å². The van der Waals surface area contributed by atoms with Crippen molar-refractivity contribution in [3.63, 3.8) is 0 Å². The molecule has 114 valence electrons. The number of amides is 2. The molecule has 5 heteroatoms. The van der Waals surface area contributed by atoms with Gasteiger partial charge in [0.1, 0.15) is 0 Å². The first-order valence-electron chi connectivity index (χ1n) is 7.69. The van der Waals surface area contributed by atoms with Gasteiger partial charge >= 0.3 is 12.0 Å². The molecular weight excluding hydrogens is 256 g/mol. The lowest BCUT2D eigenvalue weighted by Crippen LogP contribution is -2.41. The van der Waals surface area contributed by atoms with E-state index in [4.69, 9.17) is 5.11 Å². The monoisotopic (exact) mass is 282 g/mol. The molecule has 0 heterocycles. The Labute approximate surface area is 120 Å². The summed E-state index contributed by atoms with van der Waals surface area (Å²) in [6.45, 7) is 2.56. The maximum absolute atomic E-state index is 11.9. The molecule has 0 aliphatic heterocycles. The van der Waals surface area contributed by atoms with E-state index in [9.17, 15) is 9.59 Å². The zero-order valence-electron chi connectivity index (χ0n) is 12.5. The molecule has 2 aliphatic rings. The van der Waals surface area contributed by atoms with Gasteiger partial charge in [-0.2, -0.15) is 0 Å². The third-order valence-electron chi connectivity index (χ3n) is 4.99. The fraction of sp³-hybridized carbons (Fsp3) is 0.867. The first-order valence-corrected chi connectivity index (χ1v) is 7.69. The summed E-state index contributed by atoms with van der Waals surface area (Å²) < 4.78 is 0. The summed E-state index contributed by atoms with van der Waals surface area (Å²) >= 11 is 0. The van der Waals surface area contributed by atoms with Gasteiger partial charge in [-0.3, -0.25) is 4.79 Å². The molecule has 2 amide bonds. The average Bonchev–Trinajstić information content (AvgIpc) is 3.00. The maximum Gasteiger partial charge on any atom is 0.317 e. The van der Waals surface area contributed by atoms with Crippen molar-refractivity contribution in [2.24, 2.45) is 23.7 Å². The lowest BCUT2D eigenvalue weighted by atomic mass is 9.86. The minimum atomic E-state index is -0.869. The van der Waals surface area contributed by atoms with Gasteiger partial charge in [0, 0.05) is 20.1 Å². The van der Waals surface area contributed by atoms with E-state index in [0.717, 1.165) is 24.2 Å². The highest BCUT2D eigenvalue weighted by molar-refractivity contribution is 5.75. The van der Waals surface area contributed by atoms with Gasteiger partial charge in [-0.05, 0) is 43.4 Å². The number of carbonyl (C=O) groups is 2. The molecule has 0 spiro atoms. The molecule has 2 saturated carbocycles. The van der Waals surface area contributed by atoms with Crippen LogP contribution in [0.5, 0.6) is 0 Å². The van der Waals surface area contributed by atoms with Crippen LogP contribution in [0.25, 0.3) is 0 Å². The van der Waals surface area contributed by atoms with Crippen LogP contribution in [0, 0.1) is 23.7 Å². The average molecular weight is 282 g/mol. The Hall–Kier alpha value is -1.26. The van der Waals surface area contributed by atoms with Crippen molar-refractivity contribution in [2.45, 2.75) is 39.0 Å². The van der Waals surface area contributed by atoms with Gasteiger partial charge < -0.3 is 15.3 Å². The smallest absolute Gasteiger partial charge is 0.317 e. The third-order valence-corrected chi connectivity index (χ3v) is 4.99. The van der Waals surface area contributed by atoms with Gasteiger partial charge in [0.25, 0.3) is 0 Å². The number of nitrogens with one attached hydrogen (secondary N) is 1. The van der Waals surface area contributed by atoms with E-state index in [2.05, 4.69) is 5.32 Å². The molecule has 2 fully saturated rings. The van der Waals surface area contributed by atoms with E-state index < -0.39 is 11.9 Å². The summed E-state index contributed by atoms with van der Waals surface area (Å²) in [7, 11) is 1.65. The zero-order chi connectivity index (χ0) is 14.7. The number of nitrogens with zero attached hydrogens (tertiary/aromatic N) is 1. The summed E-state index contributed by atoms with van der Waals surface area (Å²) in [4.78, 5) is 24.1. The highest BCUT2D eigenvalue weighted by Crippen LogP contribution is 2.49. The Kier molecular flexibility index (Phi) is 4.89. The molecule has 4 atom stereocenters.